The maximum atomic E-state index is 5.94. The highest BCUT2D eigenvalue weighted by Gasteiger charge is 2.13. The molecule has 0 heterocycles. The highest BCUT2D eigenvalue weighted by molar-refractivity contribution is 5.46. The Hall–Kier alpha value is -1.26. The normalized spacial score (nSPS) is 12.2. The van der Waals surface area contributed by atoms with Crippen LogP contribution in [0.3, 0.4) is 0 Å². The molecule has 0 bridgehead atoms. The molecule has 0 aliphatic heterocycles. The molecule has 96 valence electrons. The summed E-state index contributed by atoms with van der Waals surface area (Å²) in [5.74, 6) is 1.56. The van der Waals surface area contributed by atoms with Gasteiger partial charge in [-0.1, -0.05) is 6.07 Å². The number of hydrogen-bond donors (Lipinski definition) is 1. The lowest BCUT2D eigenvalue weighted by molar-refractivity contribution is 0.171. The first-order chi connectivity index (χ1) is 8.20. The van der Waals surface area contributed by atoms with E-state index in [9.17, 15) is 0 Å². The fraction of sp³-hybridized carbons (Fsp3) is 0.538. The highest BCUT2D eigenvalue weighted by atomic mass is 16.5. The summed E-state index contributed by atoms with van der Waals surface area (Å²) in [6.07, 6.45) is 0.853. The lowest BCUT2D eigenvalue weighted by Gasteiger charge is -2.17. The number of benzene rings is 1. The van der Waals surface area contributed by atoms with Crippen LogP contribution in [-0.2, 0) is 4.74 Å². The Labute approximate surface area is 103 Å². The van der Waals surface area contributed by atoms with Gasteiger partial charge in [0.05, 0.1) is 19.3 Å². The maximum absolute atomic E-state index is 5.94. The van der Waals surface area contributed by atoms with E-state index in [-0.39, 0.29) is 6.04 Å². The van der Waals surface area contributed by atoms with Crippen molar-refractivity contribution in [1.82, 2.24) is 0 Å². The standard InChI is InChI=1S/C13H21NO3/c1-10(14)13-11(16-3)6-4-7-12(13)17-9-5-8-15-2/h4,6-7,10H,5,8-9,14H2,1-3H3. The van der Waals surface area contributed by atoms with Crippen molar-refractivity contribution < 1.29 is 14.2 Å². The van der Waals surface area contributed by atoms with E-state index in [1.165, 1.54) is 0 Å². The molecule has 0 fully saturated rings. The smallest absolute Gasteiger partial charge is 0.127 e. The molecule has 1 rings (SSSR count). The summed E-state index contributed by atoms with van der Waals surface area (Å²) in [6, 6.07) is 5.58. The minimum absolute atomic E-state index is 0.122. The Morgan fingerprint density at radius 2 is 1.88 bits per heavy atom. The zero-order chi connectivity index (χ0) is 12.7. The van der Waals surface area contributed by atoms with Gasteiger partial charge in [-0.2, -0.15) is 0 Å². The van der Waals surface area contributed by atoms with Gasteiger partial charge in [-0.25, -0.2) is 0 Å². The average Bonchev–Trinajstić information content (AvgIpc) is 2.33. The molecule has 0 aliphatic rings. The van der Waals surface area contributed by atoms with Gasteiger partial charge in [-0.05, 0) is 19.1 Å². The molecule has 0 amide bonds. The predicted molar refractivity (Wildman–Crippen MR) is 67.6 cm³/mol. The van der Waals surface area contributed by atoms with E-state index < -0.39 is 0 Å². The molecule has 0 aliphatic carbocycles. The highest BCUT2D eigenvalue weighted by Crippen LogP contribution is 2.32. The molecular weight excluding hydrogens is 218 g/mol. The number of nitrogens with two attached hydrogens (primary N) is 1. The minimum Gasteiger partial charge on any atom is -0.496 e. The molecule has 0 aromatic heterocycles. The topological polar surface area (TPSA) is 53.7 Å². The Balaban J connectivity index is 2.76. The van der Waals surface area contributed by atoms with Crippen molar-refractivity contribution in [3.63, 3.8) is 0 Å². The molecule has 1 aromatic carbocycles. The molecule has 1 unspecified atom stereocenters. The number of ether oxygens (including phenoxy) is 3. The molecule has 17 heavy (non-hydrogen) atoms. The van der Waals surface area contributed by atoms with Crippen LogP contribution in [0.5, 0.6) is 11.5 Å². The summed E-state index contributed by atoms with van der Waals surface area (Å²) in [7, 11) is 3.31. The van der Waals surface area contributed by atoms with Crippen LogP contribution < -0.4 is 15.2 Å². The van der Waals surface area contributed by atoms with Gasteiger partial charge in [0.25, 0.3) is 0 Å². The van der Waals surface area contributed by atoms with Crippen LogP contribution in [0.25, 0.3) is 0 Å². The van der Waals surface area contributed by atoms with Gasteiger partial charge in [0.1, 0.15) is 11.5 Å². The Morgan fingerprint density at radius 1 is 1.18 bits per heavy atom. The largest absolute Gasteiger partial charge is 0.496 e. The van der Waals surface area contributed by atoms with E-state index >= 15 is 0 Å². The summed E-state index contributed by atoms with van der Waals surface area (Å²) in [6.45, 7) is 3.22. The molecule has 0 saturated carbocycles. The van der Waals surface area contributed by atoms with Crippen molar-refractivity contribution in [1.29, 1.82) is 0 Å². The van der Waals surface area contributed by atoms with E-state index in [0.29, 0.717) is 13.2 Å². The monoisotopic (exact) mass is 239 g/mol. The molecule has 4 heteroatoms. The van der Waals surface area contributed by atoms with Gasteiger partial charge in [0.2, 0.25) is 0 Å². The fourth-order valence-corrected chi connectivity index (χ4v) is 1.66. The molecule has 0 radical (unpaired) electrons. The molecule has 1 atom stereocenters. The van der Waals surface area contributed by atoms with Crippen LogP contribution in [-0.4, -0.2) is 27.4 Å². The third-order valence-electron chi connectivity index (χ3n) is 2.45. The first-order valence-electron chi connectivity index (χ1n) is 5.75. The SMILES string of the molecule is COCCCOc1cccc(OC)c1C(C)N. The molecule has 0 spiro atoms. The van der Waals surface area contributed by atoms with Gasteiger partial charge >= 0.3 is 0 Å². The second-order valence-electron chi connectivity index (χ2n) is 3.86. The van der Waals surface area contributed by atoms with Crippen molar-refractivity contribution in [3.8, 4) is 11.5 Å². The number of methoxy groups -OCH3 is 2. The van der Waals surface area contributed by atoms with E-state index in [4.69, 9.17) is 19.9 Å². The minimum atomic E-state index is -0.122. The summed E-state index contributed by atoms with van der Waals surface area (Å²) in [5.41, 5.74) is 6.85. The number of rotatable bonds is 7. The van der Waals surface area contributed by atoms with Gasteiger partial charge in [-0.3, -0.25) is 0 Å². The van der Waals surface area contributed by atoms with Crippen LogP contribution in [0, 0.1) is 0 Å². The van der Waals surface area contributed by atoms with Gasteiger partial charge in [0.15, 0.2) is 0 Å². The summed E-state index contributed by atoms with van der Waals surface area (Å²) in [5, 5.41) is 0. The zero-order valence-electron chi connectivity index (χ0n) is 10.7. The van der Waals surface area contributed by atoms with Gasteiger partial charge in [-0.15, -0.1) is 0 Å². The second-order valence-corrected chi connectivity index (χ2v) is 3.86. The van der Waals surface area contributed by atoms with E-state index in [2.05, 4.69) is 0 Å². The average molecular weight is 239 g/mol. The van der Waals surface area contributed by atoms with Gasteiger partial charge < -0.3 is 19.9 Å². The van der Waals surface area contributed by atoms with E-state index in [1.54, 1.807) is 14.2 Å². The predicted octanol–water partition coefficient (Wildman–Crippen LogP) is 2.13. The van der Waals surface area contributed by atoms with Crippen LogP contribution in [0.15, 0.2) is 18.2 Å². The zero-order valence-corrected chi connectivity index (χ0v) is 10.7. The molecule has 4 nitrogen and oxygen atoms in total. The van der Waals surface area contributed by atoms with Crippen molar-refractivity contribution >= 4 is 0 Å². The first kappa shape index (κ1) is 13.8. The Kier molecular flexibility index (Phi) is 5.80. The first-order valence-corrected chi connectivity index (χ1v) is 5.75. The van der Waals surface area contributed by atoms with E-state index in [1.807, 2.05) is 25.1 Å². The molecule has 0 saturated heterocycles. The van der Waals surface area contributed by atoms with Crippen molar-refractivity contribution in [3.05, 3.63) is 23.8 Å². The summed E-state index contributed by atoms with van der Waals surface area (Å²) in [4.78, 5) is 0. The second kappa shape index (κ2) is 7.14. The van der Waals surface area contributed by atoms with Crippen molar-refractivity contribution in [2.24, 2.45) is 5.73 Å². The summed E-state index contributed by atoms with van der Waals surface area (Å²) >= 11 is 0. The number of hydrogen-bond acceptors (Lipinski definition) is 4. The Bertz CT molecular complexity index is 339. The lowest BCUT2D eigenvalue weighted by Crippen LogP contribution is -2.11. The molecular formula is C13H21NO3. The third-order valence-corrected chi connectivity index (χ3v) is 2.45. The quantitative estimate of drug-likeness (QED) is 0.741. The Morgan fingerprint density at radius 3 is 2.47 bits per heavy atom. The molecule has 2 N–H and O–H groups in total. The van der Waals surface area contributed by atoms with Crippen LogP contribution in [0.1, 0.15) is 24.9 Å². The van der Waals surface area contributed by atoms with Gasteiger partial charge in [0, 0.05) is 26.2 Å². The van der Waals surface area contributed by atoms with Crippen molar-refractivity contribution in [2.45, 2.75) is 19.4 Å². The van der Waals surface area contributed by atoms with Crippen LogP contribution in [0.2, 0.25) is 0 Å². The third kappa shape index (κ3) is 3.91. The fourth-order valence-electron chi connectivity index (χ4n) is 1.66. The van der Waals surface area contributed by atoms with Crippen LogP contribution >= 0.6 is 0 Å². The van der Waals surface area contributed by atoms with E-state index in [0.717, 1.165) is 23.5 Å². The van der Waals surface area contributed by atoms with Crippen molar-refractivity contribution in [2.75, 3.05) is 27.4 Å². The lowest BCUT2D eigenvalue weighted by atomic mass is 10.1. The van der Waals surface area contributed by atoms with Crippen LogP contribution in [0.4, 0.5) is 0 Å². The maximum Gasteiger partial charge on any atom is 0.127 e. The molecule has 1 aromatic rings. The summed E-state index contributed by atoms with van der Waals surface area (Å²) < 4.78 is 16.0.